The highest BCUT2D eigenvalue weighted by atomic mass is 16.6. The SMILES string of the molecule is CC/C=C\C/C=C\C/C=C\C/C=C\C/C=C\CCC(=O)OC(COC(=O)CCCCCCCC/C=C\C/C=C\C/C=C\C/C=C\CC)COC(=O)CCCCCCCCCCCCCCC. The van der Waals surface area contributed by atoms with Crippen molar-refractivity contribution in [3.05, 3.63) is 109 Å². The molecule has 0 N–H and O–H groups in total. The van der Waals surface area contributed by atoms with Crippen molar-refractivity contribution in [2.24, 2.45) is 0 Å². The molecule has 1 atom stereocenters. The largest absolute Gasteiger partial charge is 0.462 e. The molecule has 1 unspecified atom stereocenters. The van der Waals surface area contributed by atoms with E-state index in [4.69, 9.17) is 14.2 Å². The Morgan fingerprint density at radius 2 is 0.621 bits per heavy atom. The van der Waals surface area contributed by atoms with Crippen molar-refractivity contribution in [2.45, 2.75) is 239 Å². The van der Waals surface area contributed by atoms with Gasteiger partial charge in [-0.15, -0.1) is 0 Å². The minimum atomic E-state index is -0.824. The fraction of sp³-hybridized carbons (Fsp3) is 0.650. The molecule has 0 radical (unpaired) electrons. The van der Waals surface area contributed by atoms with Gasteiger partial charge >= 0.3 is 17.9 Å². The molecule has 0 fully saturated rings. The smallest absolute Gasteiger partial charge is 0.306 e. The van der Waals surface area contributed by atoms with Gasteiger partial charge in [0.05, 0.1) is 0 Å². The zero-order chi connectivity index (χ0) is 47.9. The minimum absolute atomic E-state index is 0.112. The van der Waals surface area contributed by atoms with Crippen LogP contribution < -0.4 is 0 Å². The van der Waals surface area contributed by atoms with Crippen LogP contribution in [0.5, 0.6) is 0 Å². The van der Waals surface area contributed by atoms with E-state index in [-0.39, 0.29) is 31.6 Å². The number of allylic oxidation sites excluding steroid dienone is 18. The van der Waals surface area contributed by atoms with E-state index < -0.39 is 12.1 Å². The molecule has 0 aliphatic rings. The van der Waals surface area contributed by atoms with E-state index in [1.165, 1.54) is 77.0 Å². The Kier molecular flexibility index (Phi) is 50.5. The third kappa shape index (κ3) is 51.1. The lowest BCUT2D eigenvalue weighted by Gasteiger charge is -2.18. The summed E-state index contributed by atoms with van der Waals surface area (Å²) in [7, 11) is 0. The van der Waals surface area contributed by atoms with Crippen LogP contribution in [0.3, 0.4) is 0 Å². The molecule has 0 aromatic carbocycles. The third-order valence-corrected chi connectivity index (χ3v) is 11.0. The molecule has 0 amide bonds. The van der Waals surface area contributed by atoms with Crippen molar-refractivity contribution in [1.82, 2.24) is 0 Å². The second-order valence-electron chi connectivity index (χ2n) is 17.4. The maximum atomic E-state index is 12.8. The summed E-state index contributed by atoms with van der Waals surface area (Å²) in [6, 6.07) is 0. The Labute approximate surface area is 406 Å². The highest BCUT2D eigenvalue weighted by Crippen LogP contribution is 2.14. The van der Waals surface area contributed by atoms with Crippen LogP contribution in [0.1, 0.15) is 233 Å². The normalized spacial score (nSPS) is 13.0. The lowest BCUT2D eigenvalue weighted by molar-refractivity contribution is -0.166. The molecule has 0 saturated heterocycles. The molecule has 0 rings (SSSR count). The van der Waals surface area contributed by atoms with E-state index in [1.807, 2.05) is 12.2 Å². The number of hydrogen-bond donors (Lipinski definition) is 0. The molecule has 66 heavy (non-hydrogen) atoms. The van der Waals surface area contributed by atoms with Gasteiger partial charge in [-0.3, -0.25) is 14.4 Å². The quantitative estimate of drug-likeness (QED) is 0.0262. The highest BCUT2D eigenvalue weighted by molar-refractivity contribution is 5.71. The molecule has 0 spiro atoms. The van der Waals surface area contributed by atoms with Gasteiger partial charge in [0.25, 0.3) is 0 Å². The summed E-state index contributed by atoms with van der Waals surface area (Å²) >= 11 is 0. The summed E-state index contributed by atoms with van der Waals surface area (Å²) in [5, 5.41) is 0. The first-order valence-electron chi connectivity index (χ1n) is 26.9. The van der Waals surface area contributed by atoms with Crippen LogP contribution in [0.25, 0.3) is 0 Å². The van der Waals surface area contributed by atoms with E-state index in [9.17, 15) is 14.4 Å². The van der Waals surface area contributed by atoms with E-state index in [2.05, 4.69) is 118 Å². The van der Waals surface area contributed by atoms with Crippen molar-refractivity contribution in [2.75, 3.05) is 13.2 Å². The Morgan fingerprint density at radius 3 is 0.985 bits per heavy atom. The molecule has 0 bridgehead atoms. The Morgan fingerprint density at radius 1 is 0.318 bits per heavy atom. The molecule has 374 valence electrons. The highest BCUT2D eigenvalue weighted by Gasteiger charge is 2.19. The molecule has 0 saturated carbocycles. The second-order valence-corrected chi connectivity index (χ2v) is 17.4. The predicted molar refractivity (Wildman–Crippen MR) is 283 cm³/mol. The monoisotopic (exact) mass is 915 g/mol. The summed E-state index contributed by atoms with van der Waals surface area (Å²) in [5.41, 5.74) is 0. The number of unbranched alkanes of at least 4 members (excludes halogenated alkanes) is 18. The van der Waals surface area contributed by atoms with Crippen LogP contribution in [-0.4, -0.2) is 37.2 Å². The molecule has 6 heteroatoms. The molecule has 0 aromatic heterocycles. The van der Waals surface area contributed by atoms with Crippen LogP contribution in [0, 0.1) is 0 Å². The molecule has 0 aromatic rings. The van der Waals surface area contributed by atoms with Crippen molar-refractivity contribution in [1.29, 1.82) is 0 Å². The fourth-order valence-corrected chi connectivity index (χ4v) is 7.07. The predicted octanol–water partition coefficient (Wildman–Crippen LogP) is 17.9. The maximum Gasteiger partial charge on any atom is 0.306 e. The molecule has 0 aliphatic heterocycles. The summed E-state index contributed by atoms with van der Waals surface area (Å²) in [4.78, 5) is 38.0. The maximum absolute atomic E-state index is 12.8. The van der Waals surface area contributed by atoms with Gasteiger partial charge < -0.3 is 14.2 Å². The summed E-state index contributed by atoms with van der Waals surface area (Å²) < 4.78 is 16.7. The van der Waals surface area contributed by atoms with Crippen LogP contribution >= 0.6 is 0 Å². The van der Waals surface area contributed by atoms with Gasteiger partial charge in [0, 0.05) is 19.3 Å². The number of hydrogen-bond acceptors (Lipinski definition) is 6. The Hall–Kier alpha value is -3.93. The summed E-state index contributed by atoms with van der Waals surface area (Å²) in [6.07, 6.45) is 72.3. The average Bonchev–Trinajstić information content (AvgIpc) is 3.31. The van der Waals surface area contributed by atoms with Gasteiger partial charge in [0.15, 0.2) is 6.10 Å². The van der Waals surface area contributed by atoms with Gasteiger partial charge in [-0.2, -0.15) is 0 Å². The number of carbonyl (C=O) groups excluding carboxylic acids is 3. The lowest BCUT2D eigenvalue weighted by atomic mass is 10.0. The minimum Gasteiger partial charge on any atom is -0.462 e. The van der Waals surface area contributed by atoms with Gasteiger partial charge in [-0.25, -0.2) is 0 Å². The first kappa shape index (κ1) is 62.1. The summed E-state index contributed by atoms with van der Waals surface area (Å²) in [6.45, 7) is 6.33. The third-order valence-electron chi connectivity index (χ3n) is 11.0. The molecule has 0 heterocycles. The number of carbonyl (C=O) groups is 3. The zero-order valence-corrected chi connectivity index (χ0v) is 42.7. The number of esters is 3. The summed E-state index contributed by atoms with van der Waals surface area (Å²) in [5.74, 6) is -1.01. The van der Waals surface area contributed by atoms with E-state index in [1.54, 1.807) is 0 Å². The topological polar surface area (TPSA) is 78.9 Å². The Balaban J connectivity index is 4.51. The average molecular weight is 915 g/mol. The number of rotatable bonds is 47. The lowest BCUT2D eigenvalue weighted by Crippen LogP contribution is -2.30. The van der Waals surface area contributed by atoms with Crippen LogP contribution in [0.4, 0.5) is 0 Å². The van der Waals surface area contributed by atoms with E-state index in [0.717, 1.165) is 109 Å². The standard InChI is InChI=1S/C60H98O6/c1-4-7-10-13-16-19-22-25-27-29-30-31-33-35-38-41-44-47-50-53-59(62)65-56-57(55-64-58(61)52-49-46-43-40-37-34-24-21-18-15-12-9-6-3)66-60(63)54-51-48-45-42-39-36-32-28-26-23-20-17-14-11-8-5-2/h7-8,10-11,16-17,19-20,25-28,30-31,36,39,45,48,57H,4-6,9,12-15,18,21-24,29,32-35,37-38,40-44,46-47,49-56H2,1-3H3/b10-7-,11-8-,19-16-,20-17-,27-25-,28-26-,31-30-,39-36-,48-45-. The fourth-order valence-electron chi connectivity index (χ4n) is 7.07. The van der Waals surface area contributed by atoms with Gasteiger partial charge in [-0.05, 0) is 89.9 Å². The van der Waals surface area contributed by atoms with Crippen molar-refractivity contribution >= 4 is 17.9 Å². The zero-order valence-electron chi connectivity index (χ0n) is 42.7. The van der Waals surface area contributed by atoms with Crippen LogP contribution in [0.15, 0.2) is 109 Å². The van der Waals surface area contributed by atoms with Crippen molar-refractivity contribution < 1.29 is 28.6 Å². The van der Waals surface area contributed by atoms with Gasteiger partial charge in [-0.1, -0.05) is 233 Å². The van der Waals surface area contributed by atoms with Crippen LogP contribution in [0.2, 0.25) is 0 Å². The molecular weight excluding hydrogens is 817 g/mol. The van der Waals surface area contributed by atoms with Crippen molar-refractivity contribution in [3.8, 4) is 0 Å². The number of ether oxygens (including phenoxy) is 3. The first-order valence-corrected chi connectivity index (χ1v) is 26.9. The van der Waals surface area contributed by atoms with E-state index in [0.29, 0.717) is 19.3 Å². The first-order chi connectivity index (χ1) is 32.5. The van der Waals surface area contributed by atoms with Gasteiger partial charge in [0.1, 0.15) is 13.2 Å². The van der Waals surface area contributed by atoms with Gasteiger partial charge in [0.2, 0.25) is 0 Å². The van der Waals surface area contributed by atoms with E-state index >= 15 is 0 Å². The van der Waals surface area contributed by atoms with Crippen molar-refractivity contribution in [3.63, 3.8) is 0 Å². The Bertz CT molecular complexity index is 1370. The second kappa shape index (κ2) is 53.7. The van der Waals surface area contributed by atoms with Crippen LogP contribution in [-0.2, 0) is 28.6 Å². The molecule has 0 aliphatic carbocycles. The molecule has 6 nitrogen and oxygen atoms in total. The molecular formula is C60H98O6.